The number of carbonyl (C=O) groups is 1. The molecule has 2 aliphatic heterocycles. The molecule has 3 heterocycles. The third-order valence-corrected chi connectivity index (χ3v) is 4.47. The number of piperazine rings is 1. The van der Waals surface area contributed by atoms with E-state index in [4.69, 9.17) is 4.74 Å². The van der Waals surface area contributed by atoms with E-state index in [0.29, 0.717) is 13.0 Å². The SMILES string of the molecule is Cc1cc(N2CCN(C(=O)CC3CNCCO3)CC2)cc(C)n1.Cl.Cl. The Labute approximate surface area is 162 Å². The van der Waals surface area contributed by atoms with Crippen molar-refractivity contribution < 1.29 is 9.53 Å². The maximum atomic E-state index is 12.4. The second kappa shape index (κ2) is 10.2. The fraction of sp³-hybridized carbons (Fsp3) is 0.647. The molecule has 1 amide bonds. The highest BCUT2D eigenvalue weighted by molar-refractivity contribution is 5.85. The van der Waals surface area contributed by atoms with Crippen LogP contribution in [0.4, 0.5) is 5.69 Å². The lowest BCUT2D eigenvalue weighted by Gasteiger charge is -2.37. The number of halogens is 2. The molecular formula is C17H28Cl2N4O2. The molecule has 0 bridgehead atoms. The molecule has 0 aliphatic carbocycles. The number of morpholine rings is 1. The van der Waals surface area contributed by atoms with Crippen molar-refractivity contribution in [1.29, 1.82) is 0 Å². The highest BCUT2D eigenvalue weighted by Gasteiger charge is 2.25. The van der Waals surface area contributed by atoms with Crippen LogP contribution < -0.4 is 10.2 Å². The Morgan fingerprint density at radius 1 is 1.20 bits per heavy atom. The fourth-order valence-electron chi connectivity index (χ4n) is 3.28. The summed E-state index contributed by atoms with van der Waals surface area (Å²) in [6, 6.07) is 4.23. The van der Waals surface area contributed by atoms with Gasteiger partial charge in [0.1, 0.15) is 0 Å². The smallest absolute Gasteiger partial charge is 0.225 e. The number of anilines is 1. The Morgan fingerprint density at radius 2 is 1.84 bits per heavy atom. The standard InChI is InChI=1S/C17H26N4O2.2ClH/c1-13-9-15(10-14(2)19-13)20-4-6-21(7-5-20)17(22)11-16-12-18-3-8-23-16;;/h9-10,16,18H,3-8,11-12H2,1-2H3;2*1H. The number of ether oxygens (including phenoxy) is 1. The molecular weight excluding hydrogens is 363 g/mol. The van der Waals surface area contributed by atoms with Crippen LogP contribution in [0.5, 0.6) is 0 Å². The fourth-order valence-corrected chi connectivity index (χ4v) is 3.28. The molecule has 1 unspecified atom stereocenters. The molecule has 0 radical (unpaired) electrons. The Morgan fingerprint density at radius 3 is 2.40 bits per heavy atom. The minimum absolute atomic E-state index is 0. The topological polar surface area (TPSA) is 57.7 Å². The van der Waals surface area contributed by atoms with Gasteiger partial charge in [-0.25, -0.2) is 0 Å². The van der Waals surface area contributed by atoms with Gasteiger partial charge in [-0.15, -0.1) is 24.8 Å². The number of pyridine rings is 1. The van der Waals surface area contributed by atoms with E-state index >= 15 is 0 Å². The molecule has 0 aromatic carbocycles. The molecule has 142 valence electrons. The maximum absolute atomic E-state index is 12.4. The number of aryl methyl sites for hydroxylation is 2. The summed E-state index contributed by atoms with van der Waals surface area (Å²) in [5, 5.41) is 3.27. The van der Waals surface area contributed by atoms with E-state index in [0.717, 1.165) is 50.7 Å². The second-order valence-corrected chi connectivity index (χ2v) is 6.38. The van der Waals surface area contributed by atoms with Crippen molar-refractivity contribution in [3.05, 3.63) is 23.5 Å². The highest BCUT2D eigenvalue weighted by atomic mass is 35.5. The van der Waals surface area contributed by atoms with Gasteiger partial charge in [-0.05, 0) is 26.0 Å². The molecule has 1 aromatic rings. The maximum Gasteiger partial charge on any atom is 0.225 e. The average molecular weight is 391 g/mol. The molecule has 0 saturated carbocycles. The molecule has 2 saturated heterocycles. The summed E-state index contributed by atoms with van der Waals surface area (Å²) in [6.07, 6.45) is 0.514. The normalized spacial score (nSPS) is 20.5. The van der Waals surface area contributed by atoms with E-state index in [1.165, 1.54) is 5.69 Å². The Balaban J connectivity index is 0.00000156. The van der Waals surface area contributed by atoms with Crippen LogP contribution in [0.25, 0.3) is 0 Å². The molecule has 1 aromatic heterocycles. The number of carbonyl (C=O) groups excluding carboxylic acids is 1. The van der Waals surface area contributed by atoms with Gasteiger partial charge in [0, 0.05) is 56.3 Å². The van der Waals surface area contributed by atoms with Crippen molar-refractivity contribution in [2.24, 2.45) is 0 Å². The van der Waals surface area contributed by atoms with Gasteiger partial charge in [0.05, 0.1) is 19.1 Å². The quantitative estimate of drug-likeness (QED) is 0.848. The van der Waals surface area contributed by atoms with E-state index in [1.807, 2.05) is 18.7 Å². The van der Waals surface area contributed by atoms with E-state index < -0.39 is 0 Å². The molecule has 2 aliphatic rings. The predicted molar refractivity (Wildman–Crippen MR) is 104 cm³/mol. The first-order valence-electron chi connectivity index (χ1n) is 8.42. The zero-order valence-electron chi connectivity index (χ0n) is 14.9. The zero-order valence-corrected chi connectivity index (χ0v) is 16.5. The number of rotatable bonds is 3. The lowest BCUT2D eigenvalue weighted by Crippen LogP contribution is -2.50. The molecule has 8 heteroatoms. The Kier molecular flexibility index (Phi) is 8.93. The summed E-state index contributed by atoms with van der Waals surface area (Å²) < 4.78 is 5.63. The lowest BCUT2D eigenvalue weighted by atomic mass is 10.1. The van der Waals surface area contributed by atoms with Crippen molar-refractivity contribution in [3.8, 4) is 0 Å². The summed E-state index contributed by atoms with van der Waals surface area (Å²) in [5.74, 6) is 0.209. The predicted octanol–water partition coefficient (Wildman–Crippen LogP) is 1.57. The summed E-state index contributed by atoms with van der Waals surface area (Å²) >= 11 is 0. The van der Waals surface area contributed by atoms with Crippen molar-refractivity contribution in [1.82, 2.24) is 15.2 Å². The summed E-state index contributed by atoms with van der Waals surface area (Å²) in [5.41, 5.74) is 3.29. The monoisotopic (exact) mass is 390 g/mol. The molecule has 25 heavy (non-hydrogen) atoms. The van der Waals surface area contributed by atoms with Gasteiger partial charge in [-0.2, -0.15) is 0 Å². The van der Waals surface area contributed by atoms with Crippen LogP contribution in [0, 0.1) is 13.8 Å². The first-order chi connectivity index (χ1) is 11.1. The molecule has 3 rings (SSSR count). The Hall–Kier alpha value is -1.08. The average Bonchev–Trinajstić information content (AvgIpc) is 2.55. The first kappa shape index (κ1) is 22.0. The molecule has 6 nitrogen and oxygen atoms in total. The number of amides is 1. The van der Waals surface area contributed by atoms with Gasteiger partial charge in [0.25, 0.3) is 0 Å². The van der Waals surface area contributed by atoms with Gasteiger partial charge < -0.3 is 19.9 Å². The van der Waals surface area contributed by atoms with Gasteiger partial charge in [-0.1, -0.05) is 0 Å². The van der Waals surface area contributed by atoms with E-state index in [2.05, 4.69) is 27.3 Å². The number of hydrogen-bond acceptors (Lipinski definition) is 5. The third-order valence-electron chi connectivity index (χ3n) is 4.47. The van der Waals surface area contributed by atoms with E-state index in [9.17, 15) is 4.79 Å². The van der Waals surface area contributed by atoms with Crippen LogP contribution in [0.15, 0.2) is 12.1 Å². The number of nitrogens with zero attached hydrogens (tertiary/aromatic N) is 3. The number of nitrogens with one attached hydrogen (secondary N) is 1. The highest BCUT2D eigenvalue weighted by Crippen LogP contribution is 2.19. The van der Waals surface area contributed by atoms with E-state index in [-0.39, 0.29) is 36.8 Å². The van der Waals surface area contributed by atoms with Crippen LogP contribution >= 0.6 is 24.8 Å². The number of aromatic nitrogens is 1. The van der Waals surface area contributed by atoms with Crippen LogP contribution in [-0.4, -0.2) is 67.8 Å². The van der Waals surface area contributed by atoms with Gasteiger partial charge in [0.15, 0.2) is 0 Å². The van der Waals surface area contributed by atoms with Crippen LogP contribution in [0.2, 0.25) is 0 Å². The summed E-state index contributed by atoms with van der Waals surface area (Å²) in [6.45, 7) is 9.71. The number of hydrogen-bond donors (Lipinski definition) is 1. The second-order valence-electron chi connectivity index (χ2n) is 6.38. The zero-order chi connectivity index (χ0) is 16.2. The van der Waals surface area contributed by atoms with Gasteiger partial charge in [0.2, 0.25) is 5.91 Å². The van der Waals surface area contributed by atoms with Crippen LogP contribution in [0.3, 0.4) is 0 Å². The van der Waals surface area contributed by atoms with Gasteiger partial charge in [-0.3, -0.25) is 9.78 Å². The molecule has 2 fully saturated rings. The van der Waals surface area contributed by atoms with Crippen molar-refractivity contribution >= 4 is 36.4 Å². The van der Waals surface area contributed by atoms with Crippen molar-refractivity contribution in [3.63, 3.8) is 0 Å². The van der Waals surface area contributed by atoms with E-state index in [1.54, 1.807) is 0 Å². The van der Waals surface area contributed by atoms with Gasteiger partial charge >= 0.3 is 0 Å². The summed E-state index contributed by atoms with van der Waals surface area (Å²) in [7, 11) is 0. The lowest BCUT2D eigenvalue weighted by molar-refractivity contribution is -0.135. The minimum Gasteiger partial charge on any atom is -0.375 e. The summed E-state index contributed by atoms with van der Waals surface area (Å²) in [4.78, 5) is 21.1. The third kappa shape index (κ3) is 5.99. The van der Waals surface area contributed by atoms with Crippen LogP contribution in [-0.2, 0) is 9.53 Å². The largest absolute Gasteiger partial charge is 0.375 e. The Bertz CT molecular complexity index is 539. The molecule has 0 spiro atoms. The molecule has 1 atom stereocenters. The van der Waals surface area contributed by atoms with Crippen molar-refractivity contribution in [2.45, 2.75) is 26.4 Å². The first-order valence-corrected chi connectivity index (χ1v) is 8.42. The van der Waals surface area contributed by atoms with Crippen molar-refractivity contribution in [2.75, 3.05) is 50.8 Å². The molecule has 1 N–H and O–H groups in total. The minimum atomic E-state index is 0. The van der Waals surface area contributed by atoms with Crippen LogP contribution in [0.1, 0.15) is 17.8 Å².